The van der Waals surface area contributed by atoms with E-state index in [2.05, 4.69) is 17.5 Å². The molecule has 1 heterocycles. The molecule has 2 heteroatoms. The molecule has 1 aliphatic heterocycles. The largest absolute Gasteiger partial charge is 0.301 e. The predicted molar refractivity (Wildman–Crippen MR) is 35.3 cm³/mol. The fourth-order valence-electron chi connectivity index (χ4n) is 1.11. The van der Waals surface area contributed by atoms with E-state index < -0.39 is 0 Å². The number of hydrogen-bond donors (Lipinski definition) is 0. The second-order valence-electron chi connectivity index (χ2n) is 2.53. The summed E-state index contributed by atoms with van der Waals surface area (Å²) in [6.45, 7) is 3.06. The second kappa shape index (κ2) is 2.84. The van der Waals surface area contributed by atoms with Crippen molar-refractivity contribution in [3.63, 3.8) is 0 Å². The van der Waals surface area contributed by atoms with E-state index in [4.69, 9.17) is 5.26 Å². The van der Waals surface area contributed by atoms with Crippen LogP contribution in [-0.2, 0) is 0 Å². The topological polar surface area (TPSA) is 27.0 Å². The van der Waals surface area contributed by atoms with Gasteiger partial charge in [0.2, 0.25) is 0 Å². The molecule has 0 aromatic rings. The highest BCUT2D eigenvalue weighted by Gasteiger charge is 2.15. The van der Waals surface area contributed by atoms with Crippen molar-refractivity contribution in [2.24, 2.45) is 5.92 Å². The maximum absolute atomic E-state index is 8.52. The standard InChI is InChI=1S/C7H11N2/c1-9-4-2-3-7(5-8)6-9/h4,7H,2-3,6H2,1H3. The van der Waals surface area contributed by atoms with Crippen LogP contribution in [0.2, 0.25) is 0 Å². The lowest BCUT2D eigenvalue weighted by molar-refractivity contribution is 0.293. The lowest BCUT2D eigenvalue weighted by atomic mass is 10.0. The quantitative estimate of drug-likeness (QED) is 0.480. The smallest absolute Gasteiger partial charge is 0.0669 e. The van der Waals surface area contributed by atoms with E-state index in [0.29, 0.717) is 0 Å². The summed E-state index contributed by atoms with van der Waals surface area (Å²) in [5, 5.41) is 8.52. The summed E-state index contributed by atoms with van der Waals surface area (Å²) in [7, 11) is 2.02. The van der Waals surface area contributed by atoms with Crippen LogP contribution in [0, 0.1) is 23.8 Å². The third kappa shape index (κ3) is 1.69. The third-order valence-corrected chi connectivity index (χ3v) is 1.65. The van der Waals surface area contributed by atoms with E-state index in [1.54, 1.807) is 0 Å². The minimum absolute atomic E-state index is 0.264. The van der Waals surface area contributed by atoms with Gasteiger partial charge in [-0.2, -0.15) is 5.26 Å². The molecule has 1 aliphatic rings. The Morgan fingerprint density at radius 1 is 1.78 bits per heavy atom. The minimum Gasteiger partial charge on any atom is -0.301 e. The van der Waals surface area contributed by atoms with Crippen molar-refractivity contribution < 1.29 is 0 Å². The second-order valence-corrected chi connectivity index (χ2v) is 2.53. The SMILES string of the molecule is CN1[CH]CCC(C#N)C1. The molecule has 0 spiro atoms. The summed E-state index contributed by atoms with van der Waals surface area (Å²) in [5.41, 5.74) is 0. The summed E-state index contributed by atoms with van der Waals surface area (Å²) in [6, 6.07) is 2.27. The fourth-order valence-corrected chi connectivity index (χ4v) is 1.11. The summed E-state index contributed by atoms with van der Waals surface area (Å²) < 4.78 is 0. The first kappa shape index (κ1) is 6.57. The molecule has 49 valence electrons. The number of rotatable bonds is 0. The van der Waals surface area contributed by atoms with Gasteiger partial charge in [-0.25, -0.2) is 0 Å². The zero-order valence-corrected chi connectivity index (χ0v) is 5.67. The van der Waals surface area contributed by atoms with Gasteiger partial charge in [0.05, 0.1) is 12.0 Å². The highest BCUT2D eigenvalue weighted by atomic mass is 15.1. The van der Waals surface area contributed by atoms with Crippen molar-refractivity contribution >= 4 is 0 Å². The van der Waals surface area contributed by atoms with Crippen molar-refractivity contribution in [2.75, 3.05) is 13.6 Å². The van der Waals surface area contributed by atoms with Crippen LogP contribution in [0.15, 0.2) is 0 Å². The normalized spacial score (nSPS) is 29.6. The Morgan fingerprint density at radius 2 is 2.56 bits per heavy atom. The molecule has 1 saturated heterocycles. The van der Waals surface area contributed by atoms with Crippen LogP contribution in [0.25, 0.3) is 0 Å². The molecule has 1 atom stereocenters. The zero-order valence-electron chi connectivity index (χ0n) is 5.67. The van der Waals surface area contributed by atoms with E-state index in [1.165, 1.54) is 0 Å². The van der Waals surface area contributed by atoms with E-state index in [9.17, 15) is 0 Å². The molecule has 0 bridgehead atoms. The van der Waals surface area contributed by atoms with Crippen LogP contribution in [0.5, 0.6) is 0 Å². The molecule has 1 fully saturated rings. The van der Waals surface area contributed by atoms with Gasteiger partial charge in [0, 0.05) is 13.1 Å². The lowest BCUT2D eigenvalue weighted by Gasteiger charge is -2.24. The number of piperidine rings is 1. The van der Waals surface area contributed by atoms with Gasteiger partial charge in [0.25, 0.3) is 0 Å². The highest BCUT2D eigenvalue weighted by molar-refractivity contribution is 4.90. The Bertz CT molecular complexity index is 125. The van der Waals surface area contributed by atoms with Gasteiger partial charge in [-0.15, -0.1) is 0 Å². The molecule has 9 heavy (non-hydrogen) atoms. The Labute approximate surface area is 56.1 Å². The first-order chi connectivity index (χ1) is 4.33. The fraction of sp³-hybridized carbons (Fsp3) is 0.714. The summed E-state index contributed by atoms with van der Waals surface area (Å²) >= 11 is 0. The van der Waals surface area contributed by atoms with Gasteiger partial charge >= 0.3 is 0 Å². The molecule has 0 N–H and O–H groups in total. The summed E-state index contributed by atoms with van der Waals surface area (Å²) in [6.07, 6.45) is 2.11. The van der Waals surface area contributed by atoms with Gasteiger partial charge < -0.3 is 4.90 Å². The number of hydrogen-bond acceptors (Lipinski definition) is 2. The molecule has 1 unspecified atom stereocenters. The molecule has 2 nitrogen and oxygen atoms in total. The van der Waals surface area contributed by atoms with Crippen LogP contribution >= 0.6 is 0 Å². The maximum atomic E-state index is 8.52. The summed E-state index contributed by atoms with van der Waals surface area (Å²) in [5.74, 6) is 0.264. The molecule has 1 rings (SSSR count). The Morgan fingerprint density at radius 3 is 3.00 bits per heavy atom. The van der Waals surface area contributed by atoms with Gasteiger partial charge in [0.1, 0.15) is 0 Å². The highest BCUT2D eigenvalue weighted by Crippen LogP contribution is 2.15. The van der Waals surface area contributed by atoms with Gasteiger partial charge in [0.15, 0.2) is 0 Å². The Balaban J connectivity index is 2.34. The van der Waals surface area contributed by atoms with E-state index >= 15 is 0 Å². The number of likely N-dealkylation sites (tertiary alicyclic amines) is 1. The minimum atomic E-state index is 0.264. The molecule has 0 aliphatic carbocycles. The van der Waals surface area contributed by atoms with Gasteiger partial charge in [-0.05, 0) is 19.9 Å². The predicted octanol–water partition coefficient (Wildman–Crippen LogP) is 1.01. The van der Waals surface area contributed by atoms with Crippen LogP contribution in [-0.4, -0.2) is 18.5 Å². The first-order valence-electron chi connectivity index (χ1n) is 3.26. The average Bonchev–Trinajstić information content (AvgIpc) is 1.88. The lowest BCUT2D eigenvalue weighted by Crippen LogP contribution is -2.27. The molecular formula is C7H11N2. The van der Waals surface area contributed by atoms with Crippen molar-refractivity contribution in [3.8, 4) is 6.07 Å². The third-order valence-electron chi connectivity index (χ3n) is 1.65. The van der Waals surface area contributed by atoms with Gasteiger partial charge in [-0.3, -0.25) is 0 Å². The maximum Gasteiger partial charge on any atom is 0.0669 e. The van der Waals surface area contributed by atoms with E-state index in [0.717, 1.165) is 19.4 Å². The Hall–Kier alpha value is -0.550. The van der Waals surface area contributed by atoms with Crippen LogP contribution in [0.1, 0.15) is 12.8 Å². The van der Waals surface area contributed by atoms with Crippen LogP contribution < -0.4 is 0 Å². The van der Waals surface area contributed by atoms with Crippen molar-refractivity contribution in [1.82, 2.24) is 4.90 Å². The Kier molecular flexibility index (Phi) is 2.07. The van der Waals surface area contributed by atoms with E-state index in [1.807, 2.05) is 7.05 Å². The molecule has 0 aromatic carbocycles. The van der Waals surface area contributed by atoms with Crippen molar-refractivity contribution in [2.45, 2.75) is 12.8 Å². The molecule has 0 aromatic heterocycles. The van der Waals surface area contributed by atoms with Crippen LogP contribution in [0.4, 0.5) is 0 Å². The monoisotopic (exact) mass is 123 g/mol. The molecule has 0 saturated carbocycles. The summed E-state index contributed by atoms with van der Waals surface area (Å²) in [4.78, 5) is 2.09. The zero-order chi connectivity index (χ0) is 6.69. The molecule has 1 radical (unpaired) electrons. The van der Waals surface area contributed by atoms with Crippen molar-refractivity contribution in [1.29, 1.82) is 5.26 Å². The van der Waals surface area contributed by atoms with Crippen LogP contribution in [0.3, 0.4) is 0 Å². The van der Waals surface area contributed by atoms with E-state index in [-0.39, 0.29) is 5.92 Å². The first-order valence-corrected chi connectivity index (χ1v) is 3.26. The molecule has 0 amide bonds. The van der Waals surface area contributed by atoms with Crippen molar-refractivity contribution in [3.05, 3.63) is 6.54 Å². The molecular weight excluding hydrogens is 112 g/mol. The van der Waals surface area contributed by atoms with Gasteiger partial charge in [-0.1, -0.05) is 0 Å². The number of nitrogens with zero attached hydrogens (tertiary/aromatic N) is 2. The number of nitriles is 1. The average molecular weight is 123 g/mol.